The van der Waals surface area contributed by atoms with Crippen LogP contribution < -0.4 is 0 Å². The molecule has 0 bridgehead atoms. The summed E-state index contributed by atoms with van der Waals surface area (Å²) in [6.45, 7) is 12.5. The fourth-order valence-corrected chi connectivity index (χ4v) is 10.0. The van der Waals surface area contributed by atoms with Crippen molar-refractivity contribution in [2.45, 2.75) is 65.7 Å². The molecule has 1 aromatic heterocycles. The summed E-state index contributed by atoms with van der Waals surface area (Å²) in [5, 5.41) is 22.3. The van der Waals surface area contributed by atoms with E-state index in [1.54, 1.807) is 24.3 Å². The molecule has 67 heavy (non-hydrogen) atoms. The summed E-state index contributed by atoms with van der Waals surface area (Å²) in [4.78, 5) is 0. The molecule has 0 radical (unpaired) electrons. The Labute approximate surface area is 397 Å². The Balaban J connectivity index is 0.000000159. The van der Waals surface area contributed by atoms with E-state index in [1.165, 1.54) is 90.4 Å². The van der Waals surface area contributed by atoms with Gasteiger partial charge < -0.3 is 14.8 Å². The van der Waals surface area contributed by atoms with Gasteiger partial charge in [0.1, 0.15) is 11.5 Å². The van der Waals surface area contributed by atoms with Crippen molar-refractivity contribution in [3.8, 4) is 39.4 Å². The van der Waals surface area contributed by atoms with Crippen LogP contribution in [0.5, 0.6) is 11.5 Å². The molecule has 3 heteroatoms. The van der Waals surface area contributed by atoms with Crippen molar-refractivity contribution in [1.82, 2.24) is 4.57 Å². The number of nitrogens with zero attached hydrogens (tertiary/aromatic N) is 1. The minimum absolute atomic E-state index is 0.249. The number of aromatic nitrogens is 1. The molecule has 0 spiro atoms. The second kappa shape index (κ2) is 20.7. The summed E-state index contributed by atoms with van der Waals surface area (Å²) >= 11 is 0. The Hall–Kier alpha value is -7.62. The van der Waals surface area contributed by atoms with Crippen LogP contribution in [0.1, 0.15) is 99.2 Å². The lowest BCUT2D eigenvalue weighted by molar-refractivity contribution is 0.474. The number of aromatic hydroxyl groups is 2. The Bertz CT molecular complexity index is 3040. The molecule has 1 heterocycles. The number of phenols is 2. The van der Waals surface area contributed by atoms with E-state index >= 15 is 0 Å². The van der Waals surface area contributed by atoms with Gasteiger partial charge in [0.25, 0.3) is 0 Å². The zero-order valence-corrected chi connectivity index (χ0v) is 39.6. The molecule has 2 aliphatic rings. The summed E-state index contributed by atoms with van der Waals surface area (Å²) in [7, 11) is 0. The quantitative estimate of drug-likeness (QED) is 0.185. The fraction of sp³-hybridized carbons (Fsp3) is 0.156. The second-order valence-electron chi connectivity index (χ2n) is 16.9. The highest BCUT2D eigenvalue weighted by Gasteiger charge is 2.45. The Morgan fingerprint density at radius 1 is 0.403 bits per heavy atom. The van der Waals surface area contributed by atoms with Crippen LogP contribution in [-0.4, -0.2) is 14.8 Å². The minimum atomic E-state index is -0.491. The number of hydrogen-bond acceptors (Lipinski definition) is 2. The molecule has 9 aromatic carbocycles. The number of rotatable bonds is 4. The van der Waals surface area contributed by atoms with E-state index < -0.39 is 5.41 Å². The van der Waals surface area contributed by atoms with Crippen LogP contribution in [0.15, 0.2) is 218 Å². The lowest BCUT2D eigenvalue weighted by Crippen LogP contribution is -2.28. The maximum Gasteiger partial charge on any atom is 0.115 e. The number of para-hydroxylation sites is 2. The van der Waals surface area contributed by atoms with Gasteiger partial charge in [-0.3, -0.25) is 0 Å². The summed E-state index contributed by atoms with van der Waals surface area (Å²) in [5.41, 5.74) is 17.1. The van der Waals surface area contributed by atoms with Gasteiger partial charge in [0, 0.05) is 22.4 Å². The third-order valence-corrected chi connectivity index (χ3v) is 12.4. The molecule has 0 fully saturated rings. The van der Waals surface area contributed by atoms with Crippen molar-refractivity contribution in [1.29, 1.82) is 0 Å². The molecule has 0 amide bonds. The van der Waals surface area contributed by atoms with E-state index in [2.05, 4.69) is 202 Å². The van der Waals surface area contributed by atoms with Crippen LogP contribution in [-0.2, 0) is 5.41 Å². The summed E-state index contributed by atoms with van der Waals surface area (Å²) in [5.74, 6) is 0.758. The van der Waals surface area contributed by atoms with Gasteiger partial charge in [-0.1, -0.05) is 224 Å². The van der Waals surface area contributed by atoms with Gasteiger partial charge in [-0.05, 0) is 110 Å². The number of fused-ring (bicyclic) bond motifs is 9. The van der Waals surface area contributed by atoms with Crippen molar-refractivity contribution >= 4 is 21.8 Å². The van der Waals surface area contributed by atoms with E-state index in [9.17, 15) is 10.2 Å². The zero-order chi connectivity index (χ0) is 46.9. The van der Waals surface area contributed by atoms with Crippen molar-refractivity contribution in [2.75, 3.05) is 0 Å². The minimum Gasteiger partial charge on any atom is -0.508 e. The van der Waals surface area contributed by atoms with Gasteiger partial charge in [0.15, 0.2) is 0 Å². The van der Waals surface area contributed by atoms with Crippen LogP contribution >= 0.6 is 0 Å². The van der Waals surface area contributed by atoms with Crippen LogP contribution in [0.25, 0.3) is 49.7 Å². The summed E-state index contributed by atoms with van der Waals surface area (Å²) in [6, 6.07) is 76.0. The predicted octanol–water partition coefficient (Wildman–Crippen LogP) is 17.3. The van der Waals surface area contributed by atoms with Crippen molar-refractivity contribution in [3.63, 3.8) is 0 Å². The standard InChI is InChI=1S/C31H21N.C25H18O2.2C3H8.C2H6/c1-3-16-27-23(12-1)24-13-2-4-17-28(24)31(27)21-10-9-11-22(20-21)32-29-18-7-5-14-25(29)26-15-6-8-19-30(26)32;26-19-13-9-17(10-14-19)25(18-11-15-20(27)16-12-18)23-7-3-1-5-21(23)22-6-2-4-8-24(22)25;2*1-3-2;1-2/h1-20,31H;1-16,26-27H;2*3H2,1-2H3;1-2H3. The molecule has 0 unspecified atom stereocenters. The molecule has 3 nitrogen and oxygen atoms in total. The highest BCUT2D eigenvalue weighted by molar-refractivity contribution is 6.09. The lowest BCUT2D eigenvalue weighted by atomic mass is 9.68. The SMILES string of the molecule is CC.CCC.CCC.Oc1ccc(C2(c3ccc(O)cc3)c3ccccc3-c3ccccc32)cc1.c1cc(C2c3ccccc3-c3ccccc32)cc(-n2c3ccccc3c3ccccc32)c1. The largest absolute Gasteiger partial charge is 0.508 e. The summed E-state index contributed by atoms with van der Waals surface area (Å²) in [6.07, 6.45) is 2.50. The van der Waals surface area contributed by atoms with Crippen molar-refractivity contribution in [2.24, 2.45) is 0 Å². The van der Waals surface area contributed by atoms with Crippen LogP contribution in [0.4, 0.5) is 0 Å². The highest BCUT2D eigenvalue weighted by atomic mass is 16.3. The molecule has 10 aromatic rings. The lowest BCUT2D eigenvalue weighted by Gasteiger charge is -2.33. The van der Waals surface area contributed by atoms with E-state index in [0.717, 1.165) is 11.1 Å². The highest BCUT2D eigenvalue weighted by Crippen LogP contribution is 2.56. The normalized spacial score (nSPS) is 12.3. The first-order chi connectivity index (χ1) is 32.9. The van der Waals surface area contributed by atoms with Crippen LogP contribution in [0.3, 0.4) is 0 Å². The summed E-state index contributed by atoms with van der Waals surface area (Å²) < 4.78 is 2.40. The monoisotopic (exact) mass is 875 g/mol. The molecule has 0 atom stereocenters. The third kappa shape index (κ3) is 8.43. The zero-order valence-electron chi connectivity index (χ0n) is 39.6. The smallest absolute Gasteiger partial charge is 0.115 e. The number of phenolic OH excluding ortho intramolecular Hbond substituents is 2. The molecule has 2 aliphatic carbocycles. The van der Waals surface area contributed by atoms with E-state index in [-0.39, 0.29) is 17.4 Å². The Morgan fingerprint density at radius 3 is 1.22 bits per heavy atom. The molecule has 0 aliphatic heterocycles. The van der Waals surface area contributed by atoms with Crippen LogP contribution in [0.2, 0.25) is 0 Å². The van der Waals surface area contributed by atoms with E-state index in [0.29, 0.717) is 0 Å². The maximum absolute atomic E-state index is 9.85. The number of benzene rings is 9. The van der Waals surface area contributed by atoms with Gasteiger partial charge in [0.2, 0.25) is 0 Å². The van der Waals surface area contributed by atoms with Gasteiger partial charge >= 0.3 is 0 Å². The molecule has 12 rings (SSSR count). The molecular weight excluding hydrogens is 815 g/mol. The predicted molar refractivity (Wildman–Crippen MR) is 284 cm³/mol. The first-order valence-electron chi connectivity index (χ1n) is 24.0. The number of hydrogen-bond donors (Lipinski definition) is 2. The first kappa shape index (κ1) is 45.9. The Morgan fingerprint density at radius 2 is 0.776 bits per heavy atom. The molecule has 0 saturated heterocycles. The first-order valence-corrected chi connectivity index (χ1v) is 24.0. The van der Waals surface area contributed by atoms with Gasteiger partial charge in [-0.25, -0.2) is 0 Å². The maximum atomic E-state index is 9.85. The van der Waals surface area contributed by atoms with Gasteiger partial charge in [-0.2, -0.15) is 0 Å². The van der Waals surface area contributed by atoms with Crippen molar-refractivity contribution < 1.29 is 10.2 Å². The topological polar surface area (TPSA) is 45.4 Å². The van der Waals surface area contributed by atoms with Gasteiger partial charge in [0.05, 0.1) is 16.4 Å². The van der Waals surface area contributed by atoms with E-state index in [4.69, 9.17) is 0 Å². The molecule has 0 saturated carbocycles. The third-order valence-electron chi connectivity index (χ3n) is 12.4. The van der Waals surface area contributed by atoms with Crippen LogP contribution in [0, 0.1) is 0 Å². The molecular formula is C64H61NO2. The molecule has 334 valence electrons. The average Bonchev–Trinajstić information content (AvgIpc) is 4.01. The fourth-order valence-electron chi connectivity index (χ4n) is 10.0. The van der Waals surface area contributed by atoms with E-state index in [1.807, 2.05) is 38.1 Å². The average molecular weight is 876 g/mol. The molecule has 2 N–H and O–H groups in total. The second-order valence-corrected chi connectivity index (χ2v) is 16.9. The van der Waals surface area contributed by atoms with Crippen molar-refractivity contribution in [3.05, 3.63) is 257 Å². The van der Waals surface area contributed by atoms with Gasteiger partial charge in [-0.15, -0.1) is 0 Å². The Kier molecular flexibility index (Phi) is 14.2.